The molecule has 0 radical (unpaired) electrons. The third-order valence-electron chi connectivity index (χ3n) is 6.08. The molecule has 1 saturated carbocycles. The molecule has 1 aliphatic carbocycles. The molecule has 1 aromatic carbocycles. The fourth-order valence-corrected chi connectivity index (χ4v) is 4.36. The number of aryl methyl sites for hydroxylation is 1. The van der Waals surface area contributed by atoms with Crippen molar-refractivity contribution in [1.82, 2.24) is 4.90 Å². The van der Waals surface area contributed by atoms with Gasteiger partial charge in [0.05, 0.1) is 5.92 Å². The Morgan fingerprint density at radius 2 is 1.88 bits per heavy atom. The molecule has 4 rings (SSSR count). The minimum absolute atomic E-state index is 0.00587. The Kier molecular flexibility index (Phi) is 3.78. The van der Waals surface area contributed by atoms with Gasteiger partial charge in [0.2, 0.25) is 11.8 Å². The van der Waals surface area contributed by atoms with Gasteiger partial charge in [0, 0.05) is 25.2 Å². The molecule has 1 unspecified atom stereocenters. The minimum atomic E-state index is -0.713. The van der Waals surface area contributed by atoms with E-state index in [2.05, 4.69) is 0 Å². The van der Waals surface area contributed by atoms with E-state index in [0.717, 1.165) is 36.9 Å². The second kappa shape index (κ2) is 5.86. The molecule has 1 atom stereocenters. The molecule has 1 spiro atoms. The van der Waals surface area contributed by atoms with Crippen LogP contribution in [0.2, 0.25) is 0 Å². The summed E-state index contributed by atoms with van der Waals surface area (Å²) in [6, 6.07) is 7.74. The molecule has 1 N–H and O–H groups in total. The van der Waals surface area contributed by atoms with Gasteiger partial charge in [0.1, 0.15) is 6.54 Å². The topological polar surface area (TPSA) is 77.9 Å². The van der Waals surface area contributed by atoms with E-state index in [1.165, 1.54) is 0 Å². The molecule has 6 heteroatoms. The quantitative estimate of drug-likeness (QED) is 0.906. The summed E-state index contributed by atoms with van der Waals surface area (Å²) in [6.45, 7) is 1.25. The second-order valence-electron chi connectivity index (χ2n) is 7.45. The number of benzene rings is 1. The first kappa shape index (κ1) is 16.1. The molecule has 3 aliphatic rings. The van der Waals surface area contributed by atoms with Crippen molar-refractivity contribution in [3.63, 3.8) is 0 Å². The summed E-state index contributed by atoms with van der Waals surface area (Å²) in [4.78, 5) is 39.5. The number of carbonyl (C=O) groups excluding carboxylic acids is 2. The van der Waals surface area contributed by atoms with E-state index in [1.807, 2.05) is 24.3 Å². The molecule has 6 nitrogen and oxygen atoms in total. The van der Waals surface area contributed by atoms with Crippen LogP contribution in [-0.2, 0) is 20.8 Å². The van der Waals surface area contributed by atoms with Gasteiger partial charge >= 0.3 is 5.97 Å². The maximum Gasteiger partial charge on any atom is 0.307 e. The van der Waals surface area contributed by atoms with Crippen LogP contribution in [0.1, 0.15) is 31.2 Å². The van der Waals surface area contributed by atoms with Crippen LogP contribution < -0.4 is 4.90 Å². The van der Waals surface area contributed by atoms with Crippen LogP contribution in [0.5, 0.6) is 0 Å². The third-order valence-corrected chi connectivity index (χ3v) is 6.08. The van der Waals surface area contributed by atoms with Crippen LogP contribution in [0, 0.1) is 11.3 Å². The van der Waals surface area contributed by atoms with Gasteiger partial charge in [0.15, 0.2) is 0 Å². The van der Waals surface area contributed by atoms with Gasteiger partial charge in [-0.3, -0.25) is 14.4 Å². The van der Waals surface area contributed by atoms with Crippen LogP contribution in [0.25, 0.3) is 0 Å². The molecule has 1 aromatic rings. The number of carbonyl (C=O) groups is 3. The molecule has 25 heavy (non-hydrogen) atoms. The highest BCUT2D eigenvalue weighted by Gasteiger charge is 2.59. The van der Waals surface area contributed by atoms with E-state index >= 15 is 0 Å². The number of anilines is 1. The fraction of sp³-hybridized carbons (Fsp3) is 0.526. The van der Waals surface area contributed by atoms with Crippen molar-refractivity contribution in [1.29, 1.82) is 0 Å². The first-order chi connectivity index (χ1) is 12.0. The van der Waals surface area contributed by atoms with E-state index in [4.69, 9.17) is 5.11 Å². The number of likely N-dealkylation sites (tertiary alicyclic amines) is 1. The van der Waals surface area contributed by atoms with Crippen molar-refractivity contribution >= 4 is 23.5 Å². The van der Waals surface area contributed by atoms with Crippen molar-refractivity contribution in [2.24, 2.45) is 11.3 Å². The number of rotatable bonds is 3. The summed E-state index contributed by atoms with van der Waals surface area (Å²) in [5.41, 5.74) is 1.86. The van der Waals surface area contributed by atoms with Crippen LogP contribution in [0.3, 0.4) is 0 Å². The van der Waals surface area contributed by atoms with Crippen LogP contribution in [0.15, 0.2) is 24.3 Å². The van der Waals surface area contributed by atoms with Crippen molar-refractivity contribution in [3.05, 3.63) is 29.8 Å². The molecule has 2 aliphatic heterocycles. The highest BCUT2D eigenvalue weighted by atomic mass is 16.4. The van der Waals surface area contributed by atoms with Crippen molar-refractivity contribution in [2.45, 2.75) is 32.1 Å². The number of hydrogen-bond acceptors (Lipinski definition) is 3. The van der Waals surface area contributed by atoms with Crippen molar-refractivity contribution < 1.29 is 19.5 Å². The van der Waals surface area contributed by atoms with E-state index < -0.39 is 5.97 Å². The monoisotopic (exact) mass is 342 g/mol. The van der Waals surface area contributed by atoms with Crippen molar-refractivity contribution in [3.8, 4) is 0 Å². The van der Waals surface area contributed by atoms with Crippen LogP contribution >= 0.6 is 0 Å². The Labute approximate surface area is 146 Å². The molecule has 0 bridgehead atoms. The normalized spacial score (nSPS) is 24.2. The maximum atomic E-state index is 12.7. The molecule has 0 aromatic heterocycles. The molecular weight excluding hydrogens is 320 g/mol. The van der Waals surface area contributed by atoms with Gasteiger partial charge in [-0.05, 0) is 42.7 Å². The van der Waals surface area contributed by atoms with Crippen LogP contribution in [0.4, 0.5) is 5.69 Å². The average Bonchev–Trinajstić information content (AvgIpc) is 3.32. The Hall–Kier alpha value is -2.37. The number of para-hydroxylation sites is 1. The average molecular weight is 342 g/mol. The third kappa shape index (κ3) is 2.79. The van der Waals surface area contributed by atoms with Gasteiger partial charge in [-0.15, -0.1) is 0 Å². The maximum absolute atomic E-state index is 12.7. The zero-order chi connectivity index (χ0) is 17.6. The molecule has 2 amide bonds. The Balaban J connectivity index is 1.40. The van der Waals surface area contributed by atoms with E-state index in [9.17, 15) is 14.4 Å². The summed E-state index contributed by atoms with van der Waals surface area (Å²) in [5.74, 6) is -1.00. The lowest BCUT2D eigenvalue weighted by Gasteiger charge is -2.35. The highest BCUT2D eigenvalue weighted by Crippen LogP contribution is 2.59. The molecule has 2 fully saturated rings. The largest absolute Gasteiger partial charge is 0.481 e. The Morgan fingerprint density at radius 1 is 1.16 bits per heavy atom. The zero-order valence-corrected chi connectivity index (χ0v) is 14.1. The van der Waals surface area contributed by atoms with Gasteiger partial charge < -0.3 is 14.9 Å². The number of hydrogen-bond donors (Lipinski definition) is 1. The summed E-state index contributed by atoms with van der Waals surface area (Å²) < 4.78 is 0. The Bertz CT molecular complexity index is 737. The molecule has 1 saturated heterocycles. The number of carboxylic acids is 1. The standard InChI is InChI=1S/C19H22N2O4/c22-16-6-5-13-3-1-2-4-15(13)21(16)12-17(23)20-9-7-19(8-10-20)11-14(19)18(24)25/h1-4,14H,5-12H2,(H,24,25). The first-order valence-electron chi connectivity index (χ1n) is 8.89. The predicted molar refractivity (Wildman–Crippen MR) is 91.1 cm³/mol. The predicted octanol–water partition coefficient (Wildman–Crippen LogP) is 1.68. The highest BCUT2D eigenvalue weighted by molar-refractivity contribution is 6.01. The van der Waals surface area contributed by atoms with Crippen molar-refractivity contribution in [2.75, 3.05) is 24.5 Å². The summed E-state index contributed by atoms with van der Waals surface area (Å²) >= 11 is 0. The molecular formula is C19H22N2O4. The summed E-state index contributed by atoms with van der Waals surface area (Å²) in [5, 5.41) is 9.16. The van der Waals surface area contributed by atoms with E-state index in [1.54, 1.807) is 9.80 Å². The van der Waals surface area contributed by atoms with Gasteiger partial charge in [-0.25, -0.2) is 0 Å². The number of piperidine rings is 1. The fourth-order valence-electron chi connectivity index (χ4n) is 4.36. The smallest absolute Gasteiger partial charge is 0.307 e. The summed E-state index contributed by atoms with van der Waals surface area (Å²) in [7, 11) is 0. The number of amides is 2. The SMILES string of the molecule is O=C(O)C1CC12CCN(C(=O)CN1C(=O)CCc3ccccc31)CC2. The number of carboxylic acid groups (broad SMARTS) is 1. The number of fused-ring (bicyclic) bond motifs is 1. The second-order valence-corrected chi connectivity index (χ2v) is 7.45. The zero-order valence-electron chi connectivity index (χ0n) is 14.1. The van der Waals surface area contributed by atoms with Gasteiger partial charge in [-0.2, -0.15) is 0 Å². The minimum Gasteiger partial charge on any atom is -0.481 e. The number of nitrogens with zero attached hydrogens (tertiary/aromatic N) is 2. The van der Waals surface area contributed by atoms with Gasteiger partial charge in [0.25, 0.3) is 0 Å². The lowest BCUT2D eigenvalue weighted by atomic mass is 9.90. The summed E-state index contributed by atoms with van der Waals surface area (Å²) in [6.07, 6.45) is 3.40. The van der Waals surface area contributed by atoms with Crippen LogP contribution in [-0.4, -0.2) is 47.4 Å². The van der Waals surface area contributed by atoms with E-state index in [-0.39, 0.29) is 29.7 Å². The Morgan fingerprint density at radius 3 is 2.56 bits per heavy atom. The molecule has 2 heterocycles. The van der Waals surface area contributed by atoms with Gasteiger partial charge in [-0.1, -0.05) is 18.2 Å². The number of aliphatic carboxylic acids is 1. The lowest BCUT2D eigenvalue weighted by molar-refractivity contribution is -0.140. The lowest BCUT2D eigenvalue weighted by Crippen LogP contribution is -2.47. The van der Waals surface area contributed by atoms with E-state index in [0.29, 0.717) is 19.5 Å². The molecule has 132 valence electrons. The first-order valence-corrected chi connectivity index (χ1v) is 8.89.